The fourth-order valence-corrected chi connectivity index (χ4v) is 5.24. The Labute approximate surface area is 191 Å². The van der Waals surface area contributed by atoms with Gasteiger partial charge in [0.1, 0.15) is 6.04 Å². The monoisotopic (exact) mass is 453 g/mol. The van der Waals surface area contributed by atoms with Crippen molar-refractivity contribution < 1.29 is 24.0 Å². The molecule has 2 N–H and O–H groups in total. The van der Waals surface area contributed by atoms with E-state index in [1.165, 1.54) is 0 Å². The van der Waals surface area contributed by atoms with E-state index in [2.05, 4.69) is 15.5 Å². The lowest BCUT2D eigenvalue weighted by Gasteiger charge is -2.33. The summed E-state index contributed by atoms with van der Waals surface area (Å²) in [6.45, 7) is 4.36. The Morgan fingerprint density at radius 2 is 1.73 bits per heavy atom. The maximum atomic E-state index is 13.1. The Morgan fingerprint density at radius 3 is 2.48 bits per heavy atom. The summed E-state index contributed by atoms with van der Waals surface area (Å²) in [5.41, 5.74) is 1.38. The molecule has 3 saturated heterocycles. The predicted molar refractivity (Wildman–Crippen MR) is 116 cm³/mol. The summed E-state index contributed by atoms with van der Waals surface area (Å²) >= 11 is 0. The molecule has 1 aromatic carbocycles. The molecule has 0 aliphatic carbocycles. The van der Waals surface area contributed by atoms with Crippen molar-refractivity contribution in [3.05, 3.63) is 34.9 Å². The SMILES string of the molecule is O=C1CCC(N2C(=O)c3ccc(CN4CCCC4C(=O)N4CCNCC4)cc3C2=O)C(=O)N1. The first kappa shape index (κ1) is 21.7. The molecule has 5 amide bonds. The maximum Gasteiger partial charge on any atom is 0.262 e. The molecular formula is C23H27N5O5. The first-order valence-corrected chi connectivity index (χ1v) is 11.5. The average Bonchev–Trinajstić information content (AvgIpc) is 3.37. The van der Waals surface area contributed by atoms with Crippen LogP contribution in [0, 0.1) is 0 Å². The summed E-state index contributed by atoms with van der Waals surface area (Å²) < 4.78 is 0. The molecule has 10 nitrogen and oxygen atoms in total. The third-order valence-electron chi connectivity index (χ3n) is 6.97. The quantitative estimate of drug-likeness (QED) is 0.589. The van der Waals surface area contributed by atoms with Crippen LogP contribution in [-0.4, -0.2) is 89.0 Å². The molecule has 4 aliphatic rings. The number of fused-ring (bicyclic) bond motifs is 1. The minimum Gasteiger partial charge on any atom is -0.339 e. The van der Waals surface area contributed by atoms with Gasteiger partial charge in [0.05, 0.1) is 17.2 Å². The summed E-state index contributed by atoms with van der Waals surface area (Å²) in [4.78, 5) is 67.7. The van der Waals surface area contributed by atoms with Crippen LogP contribution < -0.4 is 10.6 Å². The molecule has 4 heterocycles. The Kier molecular flexibility index (Phi) is 5.71. The van der Waals surface area contributed by atoms with Crippen molar-refractivity contribution in [2.45, 2.75) is 44.3 Å². The number of piperazine rings is 1. The first-order chi connectivity index (χ1) is 15.9. The third kappa shape index (κ3) is 3.93. The van der Waals surface area contributed by atoms with Crippen molar-refractivity contribution in [2.24, 2.45) is 0 Å². The number of carbonyl (C=O) groups is 5. The number of likely N-dealkylation sites (tertiary alicyclic amines) is 1. The number of imide groups is 2. The molecule has 33 heavy (non-hydrogen) atoms. The second-order valence-corrected chi connectivity index (χ2v) is 9.03. The van der Waals surface area contributed by atoms with Crippen LogP contribution in [0.5, 0.6) is 0 Å². The number of piperidine rings is 1. The topological polar surface area (TPSA) is 119 Å². The summed E-state index contributed by atoms with van der Waals surface area (Å²) in [6, 6.07) is 3.99. The Balaban J connectivity index is 1.31. The van der Waals surface area contributed by atoms with Crippen LogP contribution in [0.3, 0.4) is 0 Å². The van der Waals surface area contributed by atoms with Crippen LogP contribution in [0.15, 0.2) is 18.2 Å². The van der Waals surface area contributed by atoms with Gasteiger partial charge in [-0.2, -0.15) is 0 Å². The van der Waals surface area contributed by atoms with E-state index in [0.717, 1.165) is 56.0 Å². The molecule has 0 aromatic heterocycles. The highest BCUT2D eigenvalue weighted by Gasteiger charge is 2.44. The number of nitrogens with one attached hydrogen (secondary N) is 2. The molecular weight excluding hydrogens is 426 g/mol. The lowest BCUT2D eigenvalue weighted by atomic mass is 10.0. The molecule has 5 rings (SSSR count). The van der Waals surface area contributed by atoms with Gasteiger partial charge in [-0.15, -0.1) is 0 Å². The van der Waals surface area contributed by atoms with Crippen molar-refractivity contribution in [2.75, 3.05) is 32.7 Å². The average molecular weight is 453 g/mol. The molecule has 0 saturated carbocycles. The van der Waals surface area contributed by atoms with Crippen molar-refractivity contribution >= 4 is 29.5 Å². The van der Waals surface area contributed by atoms with Gasteiger partial charge in [-0.1, -0.05) is 6.07 Å². The van der Waals surface area contributed by atoms with Crippen LogP contribution >= 0.6 is 0 Å². The Hall–Kier alpha value is -3.11. The molecule has 0 spiro atoms. The van der Waals surface area contributed by atoms with E-state index >= 15 is 0 Å². The molecule has 4 aliphatic heterocycles. The smallest absolute Gasteiger partial charge is 0.262 e. The van der Waals surface area contributed by atoms with Crippen LogP contribution in [0.25, 0.3) is 0 Å². The molecule has 1 aromatic rings. The zero-order valence-corrected chi connectivity index (χ0v) is 18.3. The molecule has 2 atom stereocenters. The number of rotatable bonds is 4. The lowest BCUT2D eigenvalue weighted by molar-refractivity contribution is -0.137. The van der Waals surface area contributed by atoms with E-state index in [1.54, 1.807) is 12.1 Å². The van der Waals surface area contributed by atoms with E-state index in [-0.39, 0.29) is 35.9 Å². The van der Waals surface area contributed by atoms with Gasteiger partial charge in [-0.05, 0) is 43.5 Å². The highest BCUT2D eigenvalue weighted by molar-refractivity contribution is 6.23. The molecule has 0 radical (unpaired) electrons. The molecule has 2 unspecified atom stereocenters. The van der Waals surface area contributed by atoms with Gasteiger partial charge in [-0.25, -0.2) is 0 Å². The van der Waals surface area contributed by atoms with E-state index in [9.17, 15) is 24.0 Å². The minimum absolute atomic E-state index is 0.0898. The molecule has 0 bridgehead atoms. The van der Waals surface area contributed by atoms with Gasteiger partial charge in [0.15, 0.2) is 0 Å². The van der Waals surface area contributed by atoms with Gasteiger partial charge >= 0.3 is 0 Å². The highest BCUT2D eigenvalue weighted by atomic mass is 16.2. The summed E-state index contributed by atoms with van der Waals surface area (Å²) in [7, 11) is 0. The minimum atomic E-state index is -0.974. The van der Waals surface area contributed by atoms with Gasteiger partial charge in [0.25, 0.3) is 11.8 Å². The molecule has 10 heteroatoms. The Morgan fingerprint density at radius 1 is 0.970 bits per heavy atom. The number of carbonyl (C=O) groups excluding carboxylic acids is 5. The fourth-order valence-electron chi connectivity index (χ4n) is 5.24. The van der Waals surface area contributed by atoms with E-state index in [4.69, 9.17) is 0 Å². The summed E-state index contributed by atoms with van der Waals surface area (Å²) in [6.07, 6.45) is 1.97. The zero-order valence-electron chi connectivity index (χ0n) is 18.3. The third-order valence-corrected chi connectivity index (χ3v) is 6.97. The van der Waals surface area contributed by atoms with Crippen molar-refractivity contribution in [1.82, 2.24) is 25.3 Å². The number of amides is 5. The predicted octanol–water partition coefficient (Wildman–Crippen LogP) is -0.516. The lowest BCUT2D eigenvalue weighted by Crippen LogP contribution is -2.54. The summed E-state index contributed by atoms with van der Waals surface area (Å²) in [5, 5.41) is 5.47. The van der Waals surface area contributed by atoms with Gasteiger partial charge in [0.2, 0.25) is 17.7 Å². The van der Waals surface area contributed by atoms with Crippen LogP contribution in [-0.2, 0) is 20.9 Å². The fraction of sp³-hybridized carbons (Fsp3) is 0.522. The Bertz CT molecular complexity index is 1030. The standard InChI is InChI=1S/C23H27N5O5/c29-19-6-5-17(20(30)25-19)28-21(31)15-4-3-14(12-16(15)22(28)32)13-27-9-1-2-18(27)23(33)26-10-7-24-8-11-26/h3-4,12,17-18,24H,1-2,5-11,13H2,(H,25,29,30). The largest absolute Gasteiger partial charge is 0.339 e. The van der Waals surface area contributed by atoms with E-state index < -0.39 is 29.7 Å². The van der Waals surface area contributed by atoms with Gasteiger partial charge in [-0.3, -0.25) is 39.1 Å². The van der Waals surface area contributed by atoms with E-state index in [0.29, 0.717) is 6.54 Å². The number of hydrogen-bond donors (Lipinski definition) is 2. The summed E-state index contributed by atoms with van der Waals surface area (Å²) in [5.74, 6) is -1.88. The number of hydrogen-bond acceptors (Lipinski definition) is 7. The van der Waals surface area contributed by atoms with Gasteiger partial charge in [0, 0.05) is 39.1 Å². The second kappa shape index (κ2) is 8.68. The number of nitrogens with zero attached hydrogens (tertiary/aromatic N) is 3. The van der Waals surface area contributed by atoms with Crippen LogP contribution in [0.4, 0.5) is 0 Å². The molecule has 3 fully saturated rings. The highest BCUT2D eigenvalue weighted by Crippen LogP contribution is 2.30. The zero-order chi connectivity index (χ0) is 23.1. The van der Waals surface area contributed by atoms with Crippen molar-refractivity contribution in [3.8, 4) is 0 Å². The van der Waals surface area contributed by atoms with Crippen molar-refractivity contribution in [3.63, 3.8) is 0 Å². The maximum absolute atomic E-state index is 13.1. The first-order valence-electron chi connectivity index (χ1n) is 11.5. The number of benzene rings is 1. The van der Waals surface area contributed by atoms with E-state index in [1.807, 2.05) is 11.0 Å². The van der Waals surface area contributed by atoms with Crippen LogP contribution in [0.1, 0.15) is 52.0 Å². The second-order valence-electron chi connectivity index (χ2n) is 9.03. The van der Waals surface area contributed by atoms with Crippen molar-refractivity contribution in [1.29, 1.82) is 0 Å². The molecule has 174 valence electrons. The van der Waals surface area contributed by atoms with Gasteiger partial charge < -0.3 is 10.2 Å². The van der Waals surface area contributed by atoms with Crippen LogP contribution in [0.2, 0.25) is 0 Å². The normalized spacial score (nSPS) is 26.1.